The zero-order chi connectivity index (χ0) is 19.8. The fourth-order valence-electron chi connectivity index (χ4n) is 3.57. The first-order chi connectivity index (χ1) is 13.0. The maximum absolute atomic E-state index is 13.1. The number of nitrogens with zero attached hydrogens (tertiary/aromatic N) is 4. The smallest absolute Gasteiger partial charge is 0.289 e. The van der Waals surface area contributed by atoms with Gasteiger partial charge in [0.05, 0.1) is 5.69 Å². The molecular formula is C20H35N5O2. The SMILES string of the molecule is CCCN(CCC)C(=O)c1nc(C(=O)NCCCN(C)C)c2n1CCCC2. The number of amides is 2. The summed E-state index contributed by atoms with van der Waals surface area (Å²) in [6, 6.07) is 0. The Labute approximate surface area is 163 Å². The van der Waals surface area contributed by atoms with Crippen LogP contribution in [0.15, 0.2) is 0 Å². The van der Waals surface area contributed by atoms with Crippen LogP contribution in [0, 0.1) is 0 Å². The molecule has 0 unspecified atom stereocenters. The Morgan fingerprint density at radius 3 is 2.44 bits per heavy atom. The van der Waals surface area contributed by atoms with Gasteiger partial charge in [-0.1, -0.05) is 13.8 Å². The summed E-state index contributed by atoms with van der Waals surface area (Å²) in [5, 5.41) is 2.97. The molecular weight excluding hydrogens is 342 g/mol. The van der Waals surface area contributed by atoms with Gasteiger partial charge < -0.3 is 19.7 Å². The molecule has 2 amide bonds. The van der Waals surface area contributed by atoms with Gasteiger partial charge in [-0.2, -0.15) is 0 Å². The molecule has 0 spiro atoms. The van der Waals surface area contributed by atoms with E-state index in [4.69, 9.17) is 0 Å². The first kappa shape index (κ1) is 21.4. The highest BCUT2D eigenvalue weighted by Crippen LogP contribution is 2.22. The summed E-state index contributed by atoms with van der Waals surface area (Å²) >= 11 is 0. The van der Waals surface area contributed by atoms with E-state index >= 15 is 0 Å². The van der Waals surface area contributed by atoms with Gasteiger partial charge in [0.2, 0.25) is 0 Å². The number of hydrogen-bond acceptors (Lipinski definition) is 4. The van der Waals surface area contributed by atoms with Crippen LogP contribution in [0.5, 0.6) is 0 Å². The Kier molecular flexibility index (Phi) is 8.28. The van der Waals surface area contributed by atoms with Crippen LogP contribution in [0.3, 0.4) is 0 Å². The minimum absolute atomic E-state index is 0.0477. The van der Waals surface area contributed by atoms with Crippen LogP contribution >= 0.6 is 0 Å². The van der Waals surface area contributed by atoms with Crippen molar-refractivity contribution in [3.05, 3.63) is 17.2 Å². The number of carbonyl (C=O) groups excluding carboxylic acids is 2. The van der Waals surface area contributed by atoms with Gasteiger partial charge in [0.1, 0.15) is 5.69 Å². The lowest BCUT2D eigenvalue weighted by molar-refractivity contribution is 0.0737. The van der Waals surface area contributed by atoms with Crippen molar-refractivity contribution >= 4 is 11.8 Å². The lowest BCUT2D eigenvalue weighted by Gasteiger charge is -2.23. The summed E-state index contributed by atoms with van der Waals surface area (Å²) in [4.78, 5) is 34.3. The van der Waals surface area contributed by atoms with Gasteiger partial charge in [-0.15, -0.1) is 0 Å². The van der Waals surface area contributed by atoms with Gasteiger partial charge >= 0.3 is 0 Å². The molecule has 0 aromatic carbocycles. The molecule has 1 aliphatic rings. The monoisotopic (exact) mass is 377 g/mol. The number of rotatable bonds is 10. The van der Waals surface area contributed by atoms with E-state index < -0.39 is 0 Å². The number of fused-ring (bicyclic) bond motifs is 1. The van der Waals surface area contributed by atoms with E-state index in [2.05, 4.69) is 29.0 Å². The number of carbonyl (C=O) groups is 2. The lowest BCUT2D eigenvalue weighted by atomic mass is 10.1. The van der Waals surface area contributed by atoms with Crippen LogP contribution < -0.4 is 5.32 Å². The van der Waals surface area contributed by atoms with Crippen LogP contribution in [0.2, 0.25) is 0 Å². The van der Waals surface area contributed by atoms with Crippen LogP contribution in [0.25, 0.3) is 0 Å². The molecule has 2 rings (SSSR count). The number of aromatic nitrogens is 2. The molecule has 1 aliphatic heterocycles. The molecule has 27 heavy (non-hydrogen) atoms. The van der Waals surface area contributed by atoms with Crippen LogP contribution in [0.4, 0.5) is 0 Å². The van der Waals surface area contributed by atoms with Crippen molar-refractivity contribution < 1.29 is 9.59 Å². The highest BCUT2D eigenvalue weighted by molar-refractivity contribution is 5.97. The topological polar surface area (TPSA) is 70.5 Å². The third-order valence-electron chi connectivity index (χ3n) is 4.87. The Morgan fingerprint density at radius 1 is 1.11 bits per heavy atom. The third-order valence-corrected chi connectivity index (χ3v) is 4.87. The van der Waals surface area contributed by atoms with E-state index in [0.717, 1.165) is 70.4 Å². The summed E-state index contributed by atoms with van der Waals surface area (Å²) in [6.45, 7) is 7.90. The molecule has 7 heteroatoms. The van der Waals surface area contributed by atoms with Gasteiger partial charge in [0, 0.05) is 26.2 Å². The van der Waals surface area contributed by atoms with Crippen molar-refractivity contribution in [2.24, 2.45) is 0 Å². The largest absolute Gasteiger partial charge is 0.351 e. The number of hydrogen-bond donors (Lipinski definition) is 1. The van der Waals surface area contributed by atoms with E-state index in [9.17, 15) is 9.59 Å². The fourth-order valence-corrected chi connectivity index (χ4v) is 3.57. The van der Waals surface area contributed by atoms with E-state index in [0.29, 0.717) is 18.1 Å². The first-order valence-electron chi connectivity index (χ1n) is 10.3. The molecule has 0 radical (unpaired) electrons. The fraction of sp³-hybridized carbons (Fsp3) is 0.750. The van der Waals surface area contributed by atoms with Crippen molar-refractivity contribution in [2.45, 2.75) is 58.9 Å². The predicted molar refractivity (Wildman–Crippen MR) is 107 cm³/mol. The Morgan fingerprint density at radius 2 is 1.81 bits per heavy atom. The molecule has 0 saturated heterocycles. The van der Waals surface area contributed by atoms with Gasteiger partial charge in [-0.25, -0.2) is 4.98 Å². The standard InChI is InChI=1S/C20H35N5O2/c1-5-12-24(13-6-2)20(27)18-22-17(16-10-7-8-15-25(16)18)19(26)21-11-9-14-23(3)4/h5-15H2,1-4H3,(H,21,26). The second-order valence-corrected chi connectivity index (χ2v) is 7.54. The zero-order valence-electron chi connectivity index (χ0n) is 17.4. The molecule has 1 aromatic heterocycles. The maximum atomic E-state index is 13.1. The maximum Gasteiger partial charge on any atom is 0.289 e. The van der Waals surface area contributed by atoms with E-state index in [-0.39, 0.29) is 11.8 Å². The highest BCUT2D eigenvalue weighted by atomic mass is 16.2. The van der Waals surface area contributed by atoms with Crippen molar-refractivity contribution in [3.8, 4) is 0 Å². The molecule has 1 N–H and O–H groups in total. The van der Waals surface area contributed by atoms with Crippen molar-refractivity contribution in [1.29, 1.82) is 0 Å². The summed E-state index contributed by atoms with van der Waals surface area (Å²) in [5.41, 5.74) is 1.36. The molecule has 0 fully saturated rings. The van der Waals surface area contributed by atoms with Crippen molar-refractivity contribution in [3.63, 3.8) is 0 Å². The minimum Gasteiger partial charge on any atom is -0.351 e. The molecule has 7 nitrogen and oxygen atoms in total. The van der Waals surface area contributed by atoms with Gasteiger partial charge in [-0.05, 0) is 59.2 Å². The molecule has 1 aromatic rings. The highest BCUT2D eigenvalue weighted by Gasteiger charge is 2.29. The Balaban J connectivity index is 2.19. The van der Waals surface area contributed by atoms with Crippen molar-refractivity contribution in [2.75, 3.05) is 40.3 Å². The van der Waals surface area contributed by atoms with Gasteiger partial charge in [-0.3, -0.25) is 9.59 Å². The van der Waals surface area contributed by atoms with E-state index in [1.54, 1.807) is 0 Å². The van der Waals surface area contributed by atoms with E-state index in [1.807, 2.05) is 23.6 Å². The lowest BCUT2D eigenvalue weighted by Crippen LogP contribution is -2.35. The summed E-state index contributed by atoms with van der Waals surface area (Å²) in [6.07, 6.45) is 5.59. The summed E-state index contributed by atoms with van der Waals surface area (Å²) in [5.74, 6) is 0.231. The number of imidazole rings is 1. The first-order valence-corrected chi connectivity index (χ1v) is 10.3. The van der Waals surface area contributed by atoms with Crippen LogP contribution in [-0.4, -0.2) is 71.4 Å². The minimum atomic E-state index is -0.156. The number of nitrogens with one attached hydrogen (secondary N) is 1. The molecule has 0 aliphatic carbocycles. The molecule has 152 valence electrons. The molecule has 0 saturated carbocycles. The summed E-state index contributed by atoms with van der Waals surface area (Å²) in [7, 11) is 4.04. The summed E-state index contributed by atoms with van der Waals surface area (Å²) < 4.78 is 1.99. The Hall–Kier alpha value is -1.89. The van der Waals surface area contributed by atoms with Gasteiger partial charge in [0.25, 0.3) is 11.8 Å². The molecule has 0 atom stereocenters. The van der Waals surface area contributed by atoms with Crippen molar-refractivity contribution in [1.82, 2.24) is 24.7 Å². The second-order valence-electron chi connectivity index (χ2n) is 7.54. The third kappa shape index (κ3) is 5.54. The average Bonchev–Trinajstić information content (AvgIpc) is 3.04. The average molecular weight is 378 g/mol. The van der Waals surface area contributed by atoms with Crippen LogP contribution in [-0.2, 0) is 13.0 Å². The zero-order valence-corrected chi connectivity index (χ0v) is 17.4. The molecule has 2 heterocycles. The Bertz CT molecular complexity index is 633. The quantitative estimate of drug-likeness (QED) is 0.635. The predicted octanol–water partition coefficient (Wildman–Crippen LogP) is 2.16. The second kappa shape index (κ2) is 10.4. The van der Waals surface area contributed by atoms with E-state index in [1.165, 1.54) is 0 Å². The molecule has 0 bridgehead atoms. The van der Waals surface area contributed by atoms with Gasteiger partial charge in [0.15, 0.2) is 5.82 Å². The normalized spacial score (nSPS) is 13.5. The van der Waals surface area contributed by atoms with Crippen LogP contribution in [0.1, 0.15) is 72.8 Å².